The topological polar surface area (TPSA) is 47.1 Å². The third-order valence-corrected chi connectivity index (χ3v) is 4.27. The Kier molecular flexibility index (Phi) is 2.72. The van der Waals surface area contributed by atoms with Gasteiger partial charge in [0, 0.05) is 10.4 Å². The van der Waals surface area contributed by atoms with Crippen molar-refractivity contribution in [2.24, 2.45) is 0 Å². The fourth-order valence-electron chi connectivity index (χ4n) is 2.15. The van der Waals surface area contributed by atoms with Gasteiger partial charge in [-0.05, 0) is 39.8 Å². The van der Waals surface area contributed by atoms with E-state index >= 15 is 0 Å². The number of halogens is 1. The van der Waals surface area contributed by atoms with Crippen LogP contribution in [0, 0.1) is 0 Å². The van der Waals surface area contributed by atoms with Gasteiger partial charge in [0.15, 0.2) is 0 Å². The molecule has 1 aromatic carbocycles. The predicted molar refractivity (Wildman–Crippen MR) is 76.8 cm³/mol. The Bertz CT molecular complexity index is 623. The molecule has 0 bridgehead atoms. The van der Waals surface area contributed by atoms with Crippen molar-refractivity contribution in [1.29, 1.82) is 0 Å². The highest BCUT2D eigenvalue weighted by Gasteiger charge is 2.52. The summed E-state index contributed by atoms with van der Waals surface area (Å²) in [5, 5.41) is 8.89. The normalized spacial score (nSPS) is 21.2. The molecule has 0 amide bonds. The molecule has 1 aliphatic heterocycles. The summed E-state index contributed by atoms with van der Waals surface area (Å²) in [6.45, 7) is 8.12. The molecule has 2 heterocycles. The molecule has 0 atom stereocenters. The summed E-state index contributed by atoms with van der Waals surface area (Å²) in [7, 11) is -0.434. The van der Waals surface area contributed by atoms with Gasteiger partial charge in [-0.25, -0.2) is 0 Å². The van der Waals surface area contributed by atoms with Crippen molar-refractivity contribution in [3.05, 3.63) is 23.2 Å². The molecule has 19 heavy (non-hydrogen) atoms. The molecule has 0 saturated carbocycles. The molecule has 0 radical (unpaired) electrons. The number of hydrogen-bond donors (Lipinski definition) is 1. The summed E-state index contributed by atoms with van der Waals surface area (Å²) in [5.41, 5.74) is 0.936. The molecule has 2 aromatic rings. The minimum absolute atomic E-state index is 0.360. The Morgan fingerprint density at radius 2 is 1.79 bits per heavy atom. The van der Waals surface area contributed by atoms with Gasteiger partial charge >= 0.3 is 7.12 Å². The first-order valence-corrected chi connectivity index (χ1v) is 6.67. The van der Waals surface area contributed by atoms with E-state index in [0.29, 0.717) is 5.02 Å². The fourth-order valence-corrected chi connectivity index (χ4v) is 2.31. The van der Waals surface area contributed by atoms with Crippen LogP contribution in [0.4, 0.5) is 0 Å². The highest BCUT2D eigenvalue weighted by molar-refractivity contribution is 6.64. The Hall–Kier alpha value is -1.04. The lowest BCUT2D eigenvalue weighted by Crippen LogP contribution is -2.41. The van der Waals surface area contributed by atoms with Crippen molar-refractivity contribution in [1.82, 2.24) is 10.2 Å². The maximum atomic E-state index is 6.02. The summed E-state index contributed by atoms with van der Waals surface area (Å²) in [6, 6.07) is 5.60. The standard InChI is InChI=1S/C13H16BClN2O2/c1-12(2)13(3,4)19-14(18-12)11-9-6-5-8(15)7-10(9)16-17-11/h5-7H,1-4H3,(H,16,17). The lowest BCUT2D eigenvalue weighted by molar-refractivity contribution is 0.00578. The van der Waals surface area contributed by atoms with E-state index in [1.165, 1.54) is 0 Å². The smallest absolute Gasteiger partial charge is 0.398 e. The lowest BCUT2D eigenvalue weighted by Gasteiger charge is -2.32. The molecule has 0 aliphatic carbocycles. The molecule has 1 fully saturated rings. The number of aromatic amines is 1. The van der Waals surface area contributed by atoms with Crippen LogP contribution in [0.1, 0.15) is 27.7 Å². The number of benzene rings is 1. The second-order valence-corrected chi connectivity index (χ2v) is 6.32. The Balaban J connectivity index is 2.03. The number of H-pyrrole nitrogens is 1. The minimum atomic E-state index is -0.434. The van der Waals surface area contributed by atoms with Crippen LogP contribution in [0.3, 0.4) is 0 Å². The van der Waals surface area contributed by atoms with E-state index < -0.39 is 7.12 Å². The minimum Gasteiger partial charge on any atom is -0.398 e. The first-order chi connectivity index (χ1) is 8.80. The van der Waals surface area contributed by atoms with Crippen molar-refractivity contribution >= 4 is 35.2 Å². The zero-order valence-corrected chi connectivity index (χ0v) is 12.2. The van der Waals surface area contributed by atoms with E-state index in [2.05, 4.69) is 10.2 Å². The van der Waals surface area contributed by atoms with Crippen molar-refractivity contribution in [2.75, 3.05) is 0 Å². The maximum absolute atomic E-state index is 6.02. The first-order valence-electron chi connectivity index (χ1n) is 6.29. The van der Waals surface area contributed by atoms with Gasteiger partial charge in [0.2, 0.25) is 0 Å². The van der Waals surface area contributed by atoms with Gasteiger partial charge in [-0.1, -0.05) is 17.7 Å². The van der Waals surface area contributed by atoms with Crippen molar-refractivity contribution < 1.29 is 9.31 Å². The molecule has 3 rings (SSSR count). The van der Waals surface area contributed by atoms with Gasteiger partial charge < -0.3 is 9.31 Å². The number of nitrogens with one attached hydrogen (secondary N) is 1. The zero-order chi connectivity index (χ0) is 13.8. The van der Waals surface area contributed by atoms with Crippen LogP contribution in [-0.4, -0.2) is 28.5 Å². The van der Waals surface area contributed by atoms with E-state index in [9.17, 15) is 0 Å². The Labute approximate surface area is 117 Å². The third-order valence-electron chi connectivity index (χ3n) is 4.04. The van der Waals surface area contributed by atoms with Crippen LogP contribution in [-0.2, 0) is 9.31 Å². The van der Waals surface area contributed by atoms with Crippen LogP contribution in [0.15, 0.2) is 18.2 Å². The summed E-state index contributed by atoms with van der Waals surface area (Å²) in [6.07, 6.45) is 0. The fraction of sp³-hybridized carbons (Fsp3) is 0.462. The second kappa shape index (κ2) is 3.98. The number of aromatic nitrogens is 2. The van der Waals surface area contributed by atoms with Gasteiger partial charge in [0.25, 0.3) is 0 Å². The highest BCUT2D eigenvalue weighted by atomic mass is 35.5. The van der Waals surface area contributed by atoms with Gasteiger partial charge in [0.05, 0.1) is 22.3 Å². The van der Waals surface area contributed by atoms with Crippen LogP contribution < -0.4 is 5.59 Å². The molecule has 1 saturated heterocycles. The molecular weight excluding hydrogens is 262 g/mol. The van der Waals surface area contributed by atoms with Crippen LogP contribution >= 0.6 is 11.6 Å². The Morgan fingerprint density at radius 3 is 2.42 bits per heavy atom. The van der Waals surface area contributed by atoms with Gasteiger partial charge in [-0.15, -0.1) is 0 Å². The summed E-state index contributed by atoms with van der Waals surface area (Å²) in [5.74, 6) is 0. The molecule has 0 spiro atoms. The number of nitrogens with zero attached hydrogens (tertiary/aromatic N) is 1. The highest BCUT2D eigenvalue weighted by Crippen LogP contribution is 2.36. The van der Waals surface area contributed by atoms with Gasteiger partial charge in [-0.3, -0.25) is 5.10 Å². The SMILES string of the molecule is CC1(C)OB(c2[nH]nc3cc(Cl)ccc23)OC1(C)C. The molecule has 1 N–H and O–H groups in total. The zero-order valence-electron chi connectivity index (χ0n) is 11.5. The number of rotatable bonds is 1. The second-order valence-electron chi connectivity index (χ2n) is 5.89. The van der Waals surface area contributed by atoms with E-state index in [1.807, 2.05) is 45.9 Å². The van der Waals surface area contributed by atoms with Crippen LogP contribution in [0.5, 0.6) is 0 Å². The van der Waals surface area contributed by atoms with E-state index in [4.69, 9.17) is 20.9 Å². The van der Waals surface area contributed by atoms with Crippen molar-refractivity contribution in [3.8, 4) is 0 Å². The summed E-state index contributed by atoms with van der Waals surface area (Å²) >= 11 is 5.96. The molecule has 4 nitrogen and oxygen atoms in total. The van der Waals surface area contributed by atoms with Crippen molar-refractivity contribution in [2.45, 2.75) is 38.9 Å². The molecule has 100 valence electrons. The monoisotopic (exact) mass is 278 g/mol. The number of fused-ring (bicyclic) bond motifs is 1. The average molecular weight is 279 g/mol. The molecule has 1 aromatic heterocycles. The van der Waals surface area contributed by atoms with Gasteiger partial charge in [0.1, 0.15) is 0 Å². The lowest BCUT2D eigenvalue weighted by atomic mass is 9.82. The Morgan fingerprint density at radius 1 is 1.16 bits per heavy atom. The van der Waals surface area contributed by atoms with E-state index in [-0.39, 0.29) is 11.2 Å². The third kappa shape index (κ3) is 1.97. The maximum Gasteiger partial charge on any atom is 0.514 e. The predicted octanol–water partition coefficient (Wildman–Crippen LogP) is 2.52. The molecule has 1 aliphatic rings. The quantitative estimate of drug-likeness (QED) is 0.815. The number of hydrogen-bond acceptors (Lipinski definition) is 3. The average Bonchev–Trinajstić information content (AvgIpc) is 2.77. The molecular formula is C13H16BClN2O2. The molecule has 6 heteroatoms. The van der Waals surface area contributed by atoms with Crippen LogP contribution in [0.2, 0.25) is 5.02 Å². The van der Waals surface area contributed by atoms with E-state index in [1.54, 1.807) is 0 Å². The summed E-state index contributed by atoms with van der Waals surface area (Å²) < 4.78 is 12.0. The molecule has 0 unspecified atom stereocenters. The first kappa shape index (κ1) is 13.0. The van der Waals surface area contributed by atoms with E-state index in [0.717, 1.165) is 16.5 Å². The van der Waals surface area contributed by atoms with Crippen molar-refractivity contribution in [3.63, 3.8) is 0 Å². The largest absolute Gasteiger partial charge is 0.514 e. The van der Waals surface area contributed by atoms with Gasteiger partial charge in [-0.2, -0.15) is 5.10 Å². The summed E-state index contributed by atoms with van der Waals surface area (Å²) in [4.78, 5) is 0. The van der Waals surface area contributed by atoms with Crippen LogP contribution in [0.25, 0.3) is 10.9 Å².